The van der Waals surface area contributed by atoms with Gasteiger partial charge in [-0.1, -0.05) is 6.92 Å². The molecule has 0 spiro atoms. The lowest BCUT2D eigenvalue weighted by Gasteiger charge is -2.34. The van der Waals surface area contributed by atoms with Gasteiger partial charge in [0.2, 0.25) is 0 Å². The Bertz CT molecular complexity index is 523. The highest BCUT2D eigenvalue weighted by molar-refractivity contribution is 5.95. The molecule has 0 aliphatic carbocycles. The molecule has 0 atom stereocenters. The van der Waals surface area contributed by atoms with Crippen molar-refractivity contribution < 1.29 is 23.1 Å². The van der Waals surface area contributed by atoms with Gasteiger partial charge in [-0.05, 0) is 24.7 Å². The number of hydrogen-bond donors (Lipinski definition) is 1. The lowest BCUT2D eigenvalue weighted by atomic mass is 10.1. The number of amides is 1. The van der Waals surface area contributed by atoms with E-state index in [0.29, 0.717) is 32.2 Å². The van der Waals surface area contributed by atoms with Crippen molar-refractivity contribution >= 4 is 5.91 Å². The smallest absolute Gasteiger partial charge is 0.416 e. The molecule has 1 N–H and O–H groups in total. The maximum Gasteiger partial charge on any atom is 0.416 e. The van der Waals surface area contributed by atoms with Crippen molar-refractivity contribution in [2.75, 3.05) is 32.7 Å². The lowest BCUT2D eigenvalue weighted by molar-refractivity contribution is -0.137. The highest BCUT2D eigenvalue weighted by Crippen LogP contribution is 2.32. The zero-order valence-electron chi connectivity index (χ0n) is 11.7. The first kappa shape index (κ1) is 15.6. The summed E-state index contributed by atoms with van der Waals surface area (Å²) in [5, 5.41) is 9.41. The van der Waals surface area contributed by atoms with Crippen LogP contribution in [0.1, 0.15) is 22.8 Å². The summed E-state index contributed by atoms with van der Waals surface area (Å²) in [7, 11) is 0. The van der Waals surface area contributed by atoms with Gasteiger partial charge in [-0.25, -0.2) is 0 Å². The van der Waals surface area contributed by atoms with Crippen LogP contribution in [0.25, 0.3) is 0 Å². The topological polar surface area (TPSA) is 43.8 Å². The first-order chi connectivity index (χ1) is 9.81. The van der Waals surface area contributed by atoms with E-state index < -0.39 is 23.4 Å². The van der Waals surface area contributed by atoms with Crippen LogP contribution in [0.5, 0.6) is 5.75 Å². The Morgan fingerprint density at radius 3 is 2.33 bits per heavy atom. The summed E-state index contributed by atoms with van der Waals surface area (Å²) in [6.07, 6.45) is -4.59. The third kappa shape index (κ3) is 3.66. The van der Waals surface area contributed by atoms with Gasteiger partial charge in [-0.15, -0.1) is 0 Å². The Hall–Kier alpha value is -1.76. The number of phenolic OH excluding ortho intramolecular Hbond substituents is 1. The zero-order chi connectivity index (χ0) is 15.6. The van der Waals surface area contributed by atoms with Crippen LogP contribution in [-0.2, 0) is 6.18 Å². The maximum atomic E-state index is 12.7. The van der Waals surface area contributed by atoms with Crippen LogP contribution in [-0.4, -0.2) is 53.5 Å². The molecule has 1 heterocycles. The average molecular weight is 302 g/mol. The number of carbonyl (C=O) groups excluding carboxylic acids is 1. The molecule has 0 bridgehead atoms. The third-order valence-corrected chi connectivity index (χ3v) is 3.60. The number of likely N-dealkylation sites (N-methyl/N-ethyl adjacent to an activating group) is 1. The highest BCUT2D eigenvalue weighted by Gasteiger charge is 2.32. The number of nitrogens with zero attached hydrogens (tertiary/aromatic N) is 2. The van der Waals surface area contributed by atoms with Crippen molar-refractivity contribution in [3.05, 3.63) is 29.3 Å². The van der Waals surface area contributed by atoms with E-state index in [0.717, 1.165) is 18.7 Å². The SMILES string of the molecule is CCN1CCN(C(=O)c2cc(O)cc(C(F)(F)F)c2)CC1. The van der Waals surface area contributed by atoms with Gasteiger partial charge >= 0.3 is 6.18 Å². The first-order valence-electron chi connectivity index (χ1n) is 6.74. The second-order valence-corrected chi connectivity index (χ2v) is 4.99. The quantitative estimate of drug-likeness (QED) is 0.911. The molecule has 2 rings (SSSR count). The van der Waals surface area contributed by atoms with Gasteiger partial charge in [0.1, 0.15) is 5.75 Å². The van der Waals surface area contributed by atoms with Crippen LogP contribution in [0, 0.1) is 0 Å². The fourth-order valence-electron chi connectivity index (χ4n) is 2.35. The van der Waals surface area contributed by atoms with Crippen molar-refractivity contribution in [2.24, 2.45) is 0 Å². The van der Waals surface area contributed by atoms with E-state index in [1.165, 1.54) is 4.90 Å². The number of benzene rings is 1. The van der Waals surface area contributed by atoms with Crippen molar-refractivity contribution in [2.45, 2.75) is 13.1 Å². The van der Waals surface area contributed by atoms with E-state index in [4.69, 9.17) is 0 Å². The van der Waals surface area contributed by atoms with Crippen molar-refractivity contribution in [1.82, 2.24) is 9.80 Å². The summed E-state index contributed by atoms with van der Waals surface area (Å²) in [6.45, 7) is 5.25. The van der Waals surface area contributed by atoms with Gasteiger partial charge in [-0.3, -0.25) is 4.79 Å². The molecular formula is C14H17F3N2O2. The fraction of sp³-hybridized carbons (Fsp3) is 0.500. The van der Waals surface area contributed by atoms with E-state index in [-0.39, 0.29) is 5.56 Å². The minimum Gasteiger partial charge on any atom is -0.508 e. The molecule has 1 amide bonds. The summed E-state index contributed by atoms with van der Waals surface area (Å²) in [4.78, 5) is 15.9. The second-order valence-electron chi connectivity index (χ2n) is 4.99. The molecule has 1 aromatic carbocycles. The van der Waals surface area contributed by atoms with E-state index in [2.05, 4.69) is 4.90 Å². The Morgan fingerprint density at radius 1 is 1.19 bits per heavy atom. The molecule has 0 saturated carbocycles. The number of aromatic hydroxyl groups is 1. The Morgan fingerprint density at radius 2 is 1.81 bits per heavy atom. The van der Waals surface area contributed by atoms with Crippen LogP contribution in [0.3, 0.4) is 0 Å². The normalized spacial score (nSPS) is 17.0. The van der Waals surface area contributed by atoms with Crippen LogP contribution in [0.2, 0.25) is 0 Å². The zero-order valence-corrected chi connectivity index (χ0v) is 11.7. The van der Waals surface area contributed by atoms with Gasteiger partial charge in [0.05, 0.1) is 5.56 Å². The van der Waals surface area contributed by atoms with Crippen LogP contribution < -0.4 is 0 Å². The molecule has 21 heavy (non-hydrogen) atoms. The number of alkyl halides is 3. The molecule has 7 heteroatoms. The largest absolute Gasteiger partial charge is 0.508 e. The number of piperazine rings is 1. The monoisotopic (exact) mass is 302 g/mol. The highest BCUT2D eigenvalue weighted by atomic mass is 19.4. The Balaban J connectivity index is 2.18. The van der Waals surface area contributed by atoms with Gasteiger partial charge in [0.15, 0.2) is 0 Å². The molecule has 1 aliphatic rings. The molecule has 1 fully saturated rings. The summed E-state index contributed by atoms with van der Waals surface area (Å²) in [5.41, 5.74) is -1.15. The molecule has 1 aromatic rings. The molecule has 1 aliphatic heterocycles. The van der Waals surface area contributed by atoms with E-state index in [1.807, 2.05) is 6.92 Å². The Kier molecular flexibility index (Phi) is 4.41. The summed E-state index contributed by atoms with van der Waals surface area (Å²) < 4.78 is 38.1. The minimum absolute atomic E-state index is 0.132. The number of rotatable bonds is 2. The standard InChI is InChI=1S/C14H17F3N2O2/c1-2-18-3-5-19(6-4-18)13(21)10-7-11(14(15,16)17)9-12(20)8-10/h7-9,20H,2-6H2,1H3. The predicted octanol–water partition coefficient (Wildman–Crippen LogP) is 2.19. The molecule has 0 radical (unpaired) electrons. The first-order valence-corrected chi connectivity index (χ1v) is 6.74. The molecule has 0 aromatic heterocycles. The molecule has 0 unspecified atom stereocenters. The van der Waals surface area contributed by atoms with Crippen molar-refractivity contribution in [3.8, 4) is 5.75 Å². The molecule has 1 saturated heterocycles. The van der Waals surface area contributed by atoms with Gasteiger partial charge in [0, 0.05) is 31.7 Å². The summed E-state index contributed by atoms with van der Waals surface area (Å²) in [6, 6.07) is 2.48. The van der Waals surface area contributed by atoms with Gasteiger partial charge in [0.25, 0.3) is 5.91 Å². The van der Waals surface area contributed by atoms with Crippen LogP contribution in [0.4, 0.5) is 13.2 Å². The predicted molar refractivity (Wildman–Crippen MR) is 71.1 cm³/mol. The number of halogens is 3. The van der Waals surface area contributed by atoms with Crippen molar-refractivity contribution in [3.63, 3.8) is 0 Å². The molecule has 4 nitrogen and oxygen atoms in total. The molecule has 116 valence electrons. The molecular weight excluding hydrogens is 285 g/mol. The van der Waals surface area contributed by atoms with E-state index >= 15 is 0 Å². The number of carbonyl (C=O) groups is 1. The van der Waals surface area contributed by atoms with Crippen LogP contribution >= 0.6 is 0 Å². The summed E-state index contributed by atoms with van der Waals surface area (Å²) in [5.74, 6) is -1.03. The summed E-state index contributed by atoms with van der Waals surface area (Å²) >= 11 is 0. The minimum atomic E-state index is -4.59. The third-order valence-electron chi connectivity index (χ3n) is 3.60. The van der Waals surface area contributed by atoms with E-state index in [1.54, 1.807) is 0 Å². The average Bonchev–Trinajstić information content (AvgIpc) is 2.45. The van der Waals surface area contributed by atoms with Crippen LogP contribution in [0.15, 0.2) is 18.2 Å². The van der Waals surface area contributed by atoms with E-state index in [9.17, 15) is 23.1 Å². The Labute approximate surface area is 120 Å². The fourth-order valence-corrected chi connectivity index (χ4v) is 2.35. The second kappa shape index (κ2) is 5.93. The number of phenols is 1. The van der Waals surface area contributed by atoms with Gasteiger partial charge < -0.3 is 14.9 Å². The lowest BCUT2D eigenvalue weighted by Crippen LogP contribution is -2.48. The maximum absolute atomic E-state index is 12.7. The van der Waals surface area contributed by atoms with Gasteiger partial charge in [-0.2, -0.15) is 13.2 Å². The van der Waals surface area contributed by atoms with Crippen molar-refractivity contribution in [1.29, 1.82) is 0 Å². The number of hydrogen-bond acceptors (Lipinski definition) is 3.